The van der Waals surface area contributed by atoms with E-state index in [0.29, 0.717) is 12.2 Å². The van der Waals surface area contributed by atoms with Crippen LogP contribution in [0.4, 0.5) is 8.78 Å². The van der Waals surface area contributed by atoms with Crippen LogP contribution in [-0.4, -0.2) is 15.3 Å². The molecule has 0 saturated carbocycles. The second kappa shape index (κ2) is 5.50. The van der Waals surface area contributed by atoms with E-state index < -0.39 is 6.08 Å². The number of aromatic nitrogens is 2. The third-order valence-electron chi connectivity index (χ3n) is 1.50. The van der Waals surface area contributed by atoms with Crippen LogP contribution in [0.25, 0.3) is 0 Å². The van der Waals surface area contributed by atoms with Gasteiger partial charge in [0.1, 0.15) is 9.63 Å². The molecule has 0 amide bonds. The van der Waals surface area contributed by atoms with E-state index in [9.17, 15) is 8.78 Å². The van der Waals surface area contributed by atoms with E-state index in [0.717, 1.165) is 15.7 Å². The van der Waals surface area contributed by atoms with Crippen molar-refractivity contribution in [3.63, 3.8) is 0 Å². The lowest BCUT2D eigenvalue weighted by Crippen LogP contribution is -1.88. The fourth-order valence-corrected chi connectivity index (χ4v) is 2.44. The SMILES string of the molecule is Cn1cnc(Br)c1SCCC=C(F)F. The minimum atomic E-state index is -1.62. The first-order valence-corrected chi connectivity index (χ1v) is 5.70. The van der Waals surface area contributed by atoms with Crippen molar-refractivity contribution < 1.29 is 8.78 Å². The Labute approximate surface area is 93.5 Å². The van der Waals surface area contributed by atoms with Crippen molar-refractivity contribution in [1.29, 1.82) is 0 Å². The standard InChI is InChI=1S/C8H9BrF2N2S/c1-13-5-12-7(9)8(13)14-4-2-3-6(10)11/h3,5H,2,4H2,1H3. The minimum Gasteiger partial charge on any atom is -0.328 e. The molecule has 0 saturated heterocycles. The summed E-state index contributed by atoms with van der Waals surface area (Å²) in [4.78, 5) is 4.03. The van der Waals surface area contributed by atoms with Gasteiger partial charge in [-0.25, -0.2) is 4.98 Å². The number of nitrogens with zero attached hydrogens (tertiary/aromatic N) is 2. The number of imidazole rings is 1. The van der Waals surface area contributed by atoms with E-state index in [4.69, 9.17) is 0 Å². The number of hydrogen-bond acceptors (Lipinski definition) is 2. The van der Waals surface area contributed by atoms with Gasteiger partial charge in [-0.2, -0.15) is 8.78 Å². The lowest BCUT2D eigenvalue weighted by Gasteiger charge is -2.00. The molecule has 0 spiro atoms. The summed E-state index contributed by atoms with van der Waals surface area (Å²) in [6.07, 6.45) is 1.36. The van der Waals surface area contributed by atoms with Crippen LogP contribution in [0.2, 0.25) is 0 Å². The summed E-state index contributed by atoms with van der Waals surface area (Å²) in [6, 6.07) is 0. The van der Waals surface area contributed by atoms with Crippen LogP contribution in [0.15, 0.2) is 28.1 Å². The monoisotopic (exact) mass is 282 g/mol. The van der Waals surface area contributed by atoms with E-state index in [1.54, 1.807) is 6.33 Å². The van der Waals surface area contributed by atoms with Crippen molar-refractivity contribution >= 4 is 27.7 Å². The van der Waals surface area contributed by atoms with Crippen LogP contribution in [0.3, 0.4) is 0 Å². The zero-order valence-electron chi connectivity index (χ0n) is 7.51. The predicted octanol–water partition coefficient (Wildman–Crippen LogP) is 3.45. The van der Waals surface area contributed by atoms with Gasteiger partial charge in [-0.15, -0.1) is 11.8 Å². The normalized spacial score (nSPS) is 10.3. The third-order valence-corrected chi connectivity index (χ3v) is 3.53. The minimum absolute atomic E-state index is 0.366. The van der Waals surface area contributed by atoms with Crippen molar-refractivity contribution in [2.24, 2.45) is 7.05 Å². The Hall–Kier alpha value is -0.360. The van der Waals surface area contributed by atoms with E-state index in [2.05, 4.69) is 20.9 Å². The molecule has 0 bridgehead atoms. The molecule has 0 aromatic carbocycles. The molecule has 0 atom stereocenters. The molecule has 0 aliphatic heterocycles. The van der Waals surface area contributed by atoms with Crippen LogP contribution in [0.1, 0.15) is 6.42 Å². The topological polar surface area (TPSA) is 17.8 Å². The van der Waals surface area contributed by atoms with Gasteiger partial charge < -0.3 is 4.57 Å². The molecular weight excluding hydrogens is 274 g/mol. The largest absolute Gasteiger partial charge is 0.328 e. The number of allylic oxidation sites excluding steroid dienone is 1. The molecule has 0 radical (unpaired) electrons. The first kappa shape index (κ1) is 11.7. The number of aryl methyl sites for hydroxylation is 1. The van der Waals surface area contributed by atoms with E-state index in [-0.39, 0.29) is 0 Å². The smallest absolute Gasteiger partial charge is 0.266 e. The summed E-state index contributed by atoms with van der Waals surface area (Å²) < 4.78 is 26.0. The van der Waals surface area contributed by atoms with Gasteiger partial charge in [-0.1, -0.05) is 0 Å². The third kappa shape index (κ3) is 3.42. The highest BCUT2D eigenvalue weighted by Gasteiger charge is 2.05. The van der Waals surface area contributed by atoms with Gasteiger partial charge in [0.15, 0.2) is 0 Å². The van der Waals surface area contributed by atoms with Crippen LogP contribution in [0, 0.1) is 0 Å². The Kier molecular flexibility index (Phi) is 4.60. The first-order valence-electron chi connectivity index (χ1n) is 3.92. The Morgan fingerprint density at radius 2 is 2.43 bits per heavy atom. The molecule has 0 fully saturated rings. The summed E-state index contributed by atoms with van der Waals surface area (Å²) in [5, 5.41) is 0.956. The van der Waals surface area contributed by atoms with E-state index in [1.807, 2.05) is 11.6 Å². The number of thioether (sulfide) groups is 1. The predicted molar refractivity (Wildman–Crippen MR) is 56.5 cm³/mol. The molecule has 0 unspecified atom stereocenters. The maximum Gasteiger partial charge on any atom is 0.266 e. The number of halogens is 3. The fourth-order valence-electron chi connectivity index (χ4n) is 0.875. The Bertz CT molecular complexity index is 315. The molecule has 0 N–H and O–H groups in total. The van der Waals surface area contributed by atoms with Gasteiger partial charge in [0.25, 0.3) is 6.08 Å². The average Bonchev–Trinajstić information content (AvgIpc) is 2.42. The zero-order chi connectivity index (χ0) is 10.6. The van der Waals surface area contributed by atoms with E-state index >= 15 is 0 Å². The Balaban J connectivity index is 2.42. The highest BCUT2D eigenvalue weighted by Crippen LogP contribution is 2.26. The highest BCUT2D eigenvalue weighted by molar-refractivity contribution is 9.10. The van der Waals surface area contributed by atoms with Crippen molar-refractivity contribution in [2.75, 3.05) is 5.75 Å². The molecule has 78 valence electrons. The average molecular weight is 283 g/mol. The van der Waals surface area contributed by atoms with Gasteiger partial charge in [0.05, 0.1) is 6.33 Å². The zero-order valence-corrected chi connectivity index (χ0v) is 9.91. The molecule has 0 aliphatic rings. The molecule has 0 aliphatic carbocycles. The summed E-state index contributed by atoms with van der Waals surface area (Å²) in [6.45, 7) is 0. The van der Waals surface area contributed by atoms with Gasteiger partial charge in [0.2, 0.25) is 0 Å². The van der Waals surface area contributed by atoms with Crippen molar-refractivity contribution in [3.05, 3.63) is 23.1 Å². The summed E-state index contributed by atoms with van der Waals surface area (Å²) in [7, 11) is 1.87. The summed E-state index contributed by atoms with van der Waals surface area (Å²) in [5.74, 6) is 0.621. The lowest BCUT2D eigenvalue weighted by molar-refractivity contribution is 0.418. The molecule has 1 heterocycles. The fraction of sp³-hybridized carbons (Fsp3) is 0.375. The van der Waals surface area contributed by atoms with Crippen LogP contribution < -0.4 is 0 Å². The molecule has 2 nitrogen and oxygen atoms in total. The van der Waals surface area contributed by atoms with Crippen LogP contribution in [0.5, 0.6) is 0 Å². The second-order valence-electron chi connectivity index (χ2n) is 2.58. The Morgan fingerprint density at radius 3 is 2.93 bits per heavy atom. The molecular formula is C8H9BrF2N2S. The lowest BCUT2D eigenvalue weighted by atomic mass is 10.5. The van der Waals surface area contributed by atoms with Gasteiger partial charge >= 0.3 is 0 Å². The maximum absolute atomic E-state index is 11.7. The maximum atomic E-state index is 11.7. The van der Waals surface area contributed by atoms with Crippen molar-refractivity contribution in [1.82, 2.24) is 9.55 Å². The quantitative estimate of drug-likeness (QED) is 0.622. The summed E-state index contributed by atoms with van der Waals surface area (Å²) in [5.41, 5.74) is 0. The summed E-state index contributed by atoms with van der Waals surface area (Å²) >= 11 is 4.78. The first-order chi connectivity index (χ1) is 6.61. The molecule has 6 heteroatoms. The van der Waals surface area contributed by atoms with Crippen LogP contribution >= 0.6 is 27.7 Å². The van der Waals surface area contributed by atoms with Crippen LogP contribution in [-0.2, 0) is 7.05 Å². The molecule has 14 heavy (non-hydrogen) atoms. The molecule has 1 aromatic heterocycles. The van der Waals surface area contributed by atoms with Crippen molar-refractivity contribution in [2.45, 2.75) is 11.4 Å². The van der Waals surface area contributed by atoms with Gasteiger partial charge in [-0.05, 0) is 28.4 Å². The number of rotatable bonds is 4. The van der Waals surface area contributed by atoms with Gasteiger partial charge in [0, 0.05) is 12.8 Å². The number of hydrogen-bond donors (Lipinski definition) is 0. The molecule has 1 aromatic rings. The van der Waals surface area contributed by atoms with Gasteiger partial charge in [-0.3, -0.25) is 0 Å². The van der Waals surface area contributed by atoms with E-state index in [1.165, 1.54) is 11.8 Å². The second-order valence-corrected chi connectivity index (χ2v) is 4.42. The molecule has 1 rings (SSSR count). The Morgan fingerprint density at radius 1 is 1.71 bits per heavy atom. The van der Waals surface area contributed by atoms with Crippen molar-refractivity contribution in [3.8, 4) is 0 Å². The highest BCUT2D eigenvalue weighted by atomic mass is 79.9.